The summed E-state index contributed by atoms with van der Waals surface area (Å²) in [5.74, 6) is 0.0111. The van der Waals surface area contributed by atoms with Gasteiger partial charge in [-0.05, 0) is 42.9 Å². The van der Waals surface area contributed by atoms with Crippen molar-refractivity contribution < 1.29 is 9.59 Å². The number of amides is 2. The Kier molecular flexibility index (Phi) is 4.92. The van der Waals surface area contributed by atoms with Crippen LogP contribution in [-0.2, 0) is 25.3 Å². The van der Waals surface area contributed by atoms with Gasteiger partial charge in [-0.2, -0.15) is 5.10 Å². The molecule has 6 nitrogen and oxygen atoms in total. The molecule has 1 aliphatic carbocycles. The van der Waals surface area contributed by atoms with Crippen molar-refractivity contribution >= 4 is 23.2 Å². The van der Waals surface area contributed by atoms with E-state index in [1.165, 1.54) is 32.9 Å². The van der Waals surface area contributed by atoms with E-state index in [1.807, 2.05) is 26.8 Å². The van der Waals surface area contributed by atoms with Crippen LogP contribution in [-0.4, -0.2) is 21.6 Å². The fourth-order valence-corrected chi connectivity index (χ4v) is 4.21. The molecule has 0 aliphatic heterocycles. The molecular weight excluding hydrogens is 348 g/mol. The third-order valence-electron chi connectivity index (χ3n) is 4.72. The molecule has 2 aromatic heterocycles. The number of aromatic nitrogens is 2. The highest BCUT2D eigenvalue weighted by Gasteiger charge is 2.23. The number of rotatable bonds is 2. The molecule has 0 fully saturated rings. The largest absolute Gasteiger partial charge is 0.287 e. The average molecular weight is 375 g/mol. The highest BCUT2D eigenvalue weighted by atomic mass is 32.1. The van der Waals surface area contributed by atoms with E-state index in [9.17, 15) is 9.59 Å². The molecule has 7 heteroatoms. The van der Waals surface area contributed by atoms with Crippen LogP contribution in [0.1, 0.15) is 70.4 Å². The number of nitrogens with zero attached hydrogens (tertiary/aromatic N) is 2. The molecule has 3 rings (SSSR count). The zero-order valence-corrected chi connectivity index (χ0v) is 16.8. The van der Waals surface area contributed by atoms with Crippen LogP contribution in [0.3, 0.4) is 0 Å². The normalized spacial score (nSPS) is 16.9. The standard InChI is InChI=1S/C19H26N4O2S/c1-11-6-7-14-12(8-11)9-15(26-14)18(25)21-20-17(24)13-10-16(19(2,3)4)22-23(13)5/h9-11H,6-8H2,1-5H3,(H,20,24)(H,21,25). The zero-order chi connectivity index (χ0) is 19.1. The van der Waals surface area contributed by atoms with Gasteiger partial charge < -0.3 is 0 Å². The maximum absolute atomic E-state index is 12.4. The summed E-state index contributed by atoms with van der Waals surface area (Å²) in [5.41, 5.74) is 7.39. The second-order valence-electron chi connectivity index (χ2n) is 8.10. The Morgan fingerprint density at radius 2 is 1.92 bits per heavy atom. The number of hydrazine groups is 1. The lowest BCUT2D eigenvalue weighted by atomic mass is 9.90. The first-order valence-electron chi connectivity index (χ1n) is 8.92. The Morgan fingerprint density at radius 3 is 2.58 bits per heavy atom. The van der Waals surface area contributed by atoms with E-state index >= 15 is 0 Å². The SMILES string of the molecule is CC1CCc2sc(C(=O)NNC(=O)c3cc(C(C)(C)C)nn3C)cc2C1. The predicted molar refractivity (Wildman–Crippen MR) is 102 cm³/mol. The summed E-state index contributed by atoms with van der Waals surface area (Å²) in [6.07, 6.45) is 3.23. The van der Waals surface area contributed by atoms with Crippen LogP contribution in [0.5, 0.6) is 0 Å². The topological polar surface area (TPSA) is 76.0 Å². The average Bonchev–Trinajstić information content (AvgIpc) is 3.15. The number of hydrogen-bond donors (Lipinski definition) is 2. The van der Waals surface area contributed by atoms with Gasteiger partial charge >= 0.3 is 0 Å². The molecule has 1 unspecified atom stereocenters. The molecule has 2 heterocycles. The van der Waals surface area contributed by atoms with Gasteiger partial charge in [-0.25, -0.2) is 0 Å². The van der Waals surface area contributed by atoms with E-state index < -0.39 is 0 Å². The van der Waals surface area contributed by atoms with Crippen molar-refractivity contribution in [1.29, 1.82) is 0 Å². The van der Waals surface area contributed by atoms with Gasteiger partial charge in [-0.1, -0.05) is 27.7 Å². The molecule has 0 bridgehead atoms. The third kappa shape index (κ3) is 3.82. The summed E-state index contributed by atoms with van der Waals surface area (Å²) in [6.45, 7) is 8.36. The second-order valence-corrected chi connectivity index (χ2v) is 9.24. The summed E-state index contributed by atoms with van der Waals surface area (Å²) in [6, 6.07) is 3.71. The van der Waals surface area contributed by atoms with Crippen LogP contribution < -0.4 is 10.9 Å². The van der Waals surface area contributed by atoms with Crippen molar-refractivity contribution in [3.8, 4) is 0 Å². The van der Waals surface area contributed by atoms with Gasteiger partial charge in [0.2, 0.25) is 0 Å². The second kappa shape index (κ2) is 6.87. The van der Waals surface area contributed by atoms with E-state index in [4.69, 9.17) is 0 Å². The molecule has 2 N–H and O–H groups in total. The van der Waals surface area contributed by atoms with Crippen molar-refractivity contribution in [3.05, 3.63) is 38.8 Å². The van der Waals surface area contributed by atoms with Crippen LogP contribution in [0.15, 0.2) is 12.1 Å². The van der Waals surface area contributed by atoms with E-state index in [0.29, 0.717) is 16.5 Å². The minimum atomic E-state index is -0.376. The third-order valence-corrected chi connectivity index (χ3v) is 5.96. The van der Waals surface area contributed by atoms with Gasteiger partial charge in [0.15, 0.2) is 0 Å². The van der Waals surface area contributed by atoms with Crippen LogP contribution in [0, 0.1) is 5.92 Å². The van der Waals surface area contributed by atoms with Crippen molar-refractivity contribution in [1.82, 2.24) is 20.6 Å². The molecule has 0 radical (unpaired) electrons. The monoisotopic (exact) mass is 374 g/mol. The number of carbonyl (C=O) groups is 2. The van der Waals surface area contributed by atoms with Crippen molar-refractivity contribution in [2.75, 3.05) is 0 Å². The lowest BCUT2D eigenvalue weighted by molar-refractivity contribution is 0.0843. The minimum absolute atomic E-state index is 0.146. The lowest BCUT2D eigenvalue weighted by Crippen LogP contribution is -2.42. The summed E-state index contributed by atoms with van der Waals surface area (Å²) < 4.78 is 1.54. The Bertz CT molecular complexity index is 844. The molecule has 26 heavy (non-hydrogen) atoms. The Hall–Kier alpha value is -2.15. The zero-order valence-electron chi connectivity index (χ0n) is 16.0. The lowest BCUT2D eigenvalue weighted by Gasteiger charge is -2.16. The maximum atomic E-state index is 12.4. The van der Waals surface area contributed by atoms with Gasteiger partial charge in [-0.15, -0.1) is 11.3 Å². The minimum Gasteiger partial charge on any atom is -0.266 e. The van der Waals surface area contributed by atoms with Gasteiger partial charge in [-0.3, -0.25) is 25.1 Å². The first-order chi connectivity index (χ1) is 12.1. The molecule has 1 aliphatic rings. The van der Waals surface area contributed by atoms with Crippen LogP contribution >= 0.6 is 11.3 Å². The molecule has 0 saturated heterocycles. The van der Waals surface area contributed by atoms with E-state index in [1.54, 1.807) is 13.1 Å². The van der Waals surface area contributed by atoms with Crippen molar-refractivity contribution in [2.24, 2.45) is 13.0 Å². The highest BCUT2D eigenvalue weighted by Crippen LogP contribution is 2.32. The Balaban J connectivity index is 1.65. The fraction of sp³-hybridized carbons (Fsp3) is 0.526. The first kappa shape index (κ1) is 18.6. The summed E-state index contributed by atoms with van der Waals surface area (Å²) in [5, 5.41) is 4.38. The van der Waals surface area contributed by atoms with E-state index in [0.717, 1.165) is 18.5 Å². The number of carbonyl (C=O) groups excluding carboxylic acids is 2. The predicted octanol–water partition coefficient (Wildman–Crippen LogP) is 2.98. The molecular formula is C19H26N4O2S. The summed E-state index contributed by atoms with van der Waals surface area (Å²) in [4.78, 5) is 26.7. The quantitative estimate of drug-likeness (QED) is 0.794. The van der Waals surface area contributed by atoms with Crippen molar-refractivity contribution in [3.63, 3.8) is 0 Å². The smallest absolute Gasteiger partial charge is 0.266 e. The van der Waals surface area contributed by atoms with Crippen LogP contribution in [0.4, 0.5) is 0 Å². The number of aryl methyl sites for hydroxylation is 2. The van der Waals surface area contributed by atoms with Crippen molar-refractivity contribution in [2.45, 2.75) is 52.4 Å². The summed E-state index contributed by atoms with van der Waals surface area (Å²) >= 11 is 1.52. The van der Waals surface area contributed by atoms with Gasteiger partial charge in [0, 0.05) is 17.3 Å². The maximum Gasteiger partial charge on any atom is 0.287 e. The number of fused-ring (bicyclic) bond motifs is 1. The Morgan fingerprint density at radius 1 is 1.23 bits per heavy atom. The molecule has 2 aromatic rings. The van der Waals surface area contributed by atoms with Gasteiger partial charge in [0.1, 0.15) is 5.69 Å². The van der Waals surface area contributed by atoms with Crippen LogP contribution in [0.25, 0.3) is 0 Å². The molecule has 1 atom stereocenters. The molecule has 2 amide bonds. The molecule has 0 spiro atoms. The van der Waals surface area contributed by atoms with Crippen LogP contribution in [0.2, 0.25) is 0 Å². The first-order valence-corrected chi connectivity index (χ1v) is 9.73. The highest BCUT2D eigenvalue weighted by molar-refractivity contribution is 7.14. The van der Waals surface area contributed by atoms with E-state index in [-0.39, 0.29) is 17.2 Å². The molecule has 0 aromatic carbocycles. The molecule has 140 valence electrons. The summed E-state index contributed by atoms with van der Waals surface area (Å²) in [7, 11) is 1.72. The Labute approximate surface area is 158 Å². The van der Waals surface area contributed by atoms with Gasteiger partial charge in [0.25, 0.3) is 11.8 Å². The van der Waals surface area contributed by atoms with E-state index in [2.05, 4.69) is 22.9 Å². The molecule has 0 saturated carbocycles. The number of nitrogens with one attached hydrogen (secondary N) is 2. The number of thiophene rings is 1. The number of hydrogen-bond acceptors (Lipinski definition) is 4. The van der Waals surface area contributed by atoms with Gasteiger partial charge in [0.05, 0.1) is 10.6 Å². The fourth-order valence-electron chi connectivity index (χ4n) is 3.10.